The van der Waals surface area contributed by atoms with E-state index in [1.807, 2.05) is 0 Å². The number of benzene rings is 1. The summed E-state index contributed by atoms with van der Waals surface area (Å²) in [7, 11) is 1.58. The molecular weight excluding hydrogens is 204 g/mol. The molecule has 0 saturated carbocycles. The van der Waals surface area contributed by atoms with E-state index >= 15 is 0 Å². The molecule has 0 aliphatic heterocycles. The van der Waals surface area contributed by atoms with Crippen molar-refractivity contribution in [1.29, 1.82) is 0 Å². The number of carbonyl (C=O) groups is 1. The molecule has 3 N–H and O–H groups in total. The molecule has 0 atom stereocenters. The lowest BCUT2D eigenvalue weighted by Crippen LogP contribution is -2.19. The fourth-order valence-electron chi connectivity index (χ4n) is 1.24. The van der Waals surface area contributed by atoms with Gasteiger partial charge < -0.3 is 15.8 Å². The Labute approximate surface area is 95.8 Å². The van der Waals surface area contributed by atoms with E-state index in [1.165, 1.54) is 0 Å². The molecule has 4 nitrogen and oxygen atoms in total. The van der Waals surface area contributed by atoms with Gasteiger partial charge in [-0.25, -0.2) is 0 Å². The van der Waals surface area contributed by atoms with Crippen LogP contribution in [0.25, 0.3) is 0 Å². The number of anilines is 1. The minimum Gasteiger partial charge on any atom is -0.492 e. The van der Waals surface area contributed by atoms with Crippen molar-refractivity contribution in [3.05, 3.63) is 23.8 Å². The van der Waals surface area contributed by atoms with Crippen molar-refractivity contribution in [3.8, 4) is 5.75 Å². The second kappa shape index (κ2) is 5.39. The number of hydrogen-bond donors (Lipinski definition) is 2. The van der Waals surface area contributed by atoms with Gasteiger partial charge in [-0.15, -0.1) is 0 Å². The fourth-order valence-corrected chi connectivity index (χ4v) is 1.24. The van der Waals surface area contributed by atoms with Crippen LogP contribution >= 0.6 is 0 Å². The maximum Gasteiger partial charge on any atom is 0.254 e. The zero-order valence-electron chi connectivity index (χ0n) is 9.91. The number of hydrogen-bond acceptors (Lipinski definition) is 3. The Bertz CT molecular complexity index is 375. The summed E-state index contributed by atoms with van der Waals surface area (Å²) in [6.07, 6.45) is 0. The van der Waals surface area contributed by atoms with Gasteiger partial charge in [-0.3, -0.25) is 4.79 Å². The molecule has 0 aliphatic carbocycles. The minimum atomic E-state index is -0.189. The molecule has 0 heterocycles. The Morgan fingerprint density at radius 2 is 2.19 bits per heavy atom. The van der Waals surface area contributed by atoms with E-state index in [0.29, 0.717) is 29.5 Å². The molecule has 0 spiro atoms. The molecule has 0 aromatic heterocycles. The van der Waals surface area contributed by atoms with Gasteiger partial charge in [0.2, 0.25) is 0 Å². The normalized spacial score (nSPS) is 10.2. The SMILES string of the molecule is CNC(=O)c1cc(N)ccc1OCC(C)C. The molecule has 1 aromatic carbocycles. The first-order chi connectivity index (χ1) is 7.54. The van der Waals surface area contributed by atoms with E-state index < -0.39 is 0 Å². The van der Waals surface area contributed by atoms with E-state index in [-0.39, 0.29) is 5.91 Å². The number of amides is 1. The topological polar surface area (TPSA) is 64.4 Å². The van der Waals surface area contributed by atoms with Crippen molar-refractivity contribution in [2.75, 3.05) is 19.4 Å². The lowest BCUT2D eigenvalue weighted by atomic mass is 10.1. The van der Waals surface area contributed by atoms with E-state index in [9.17, 15) is 4.79 Å². The van der Waals surface area contributed by atoms with Crippen molar-refractivity contribution < 1.29 is 9.53 Å². The second-order valence-electron chi connectivity index (χ2n) is 4.04. The fraction of sp³-hybridized carbons (Fsp3) is 0.417. The summed E-state index contributed by atoms with van der Waals surface area (Å²) in [6.45, 7) is 4.68. The Morgan fingerprint density at radius 3 is 2.75 bits per heavy atom. The summed E-state index contributed by atoms with van der Waals surface area (Å²) >= 11 is 0. The molecule has 0 unspecified atom stereocenters. The maximum atomic E-state index is 11.6. The average Bonchev–Trinajstić information content (AvgIpc) is 2.26. The Hall–Kier alpha value is -1.71. The number of rotatable bonds is 4. The quantitative estimate of drug-likeness (QED) is 0.761. The zero-order chi connectivity index (χ0) is 12.1. The smallest absolute Gasteiger partial charge is 0.254 e. The molecule has 1 rings (SSSR count). The van der Waals surface area contributed by atoms with Gasteiger partial charge >= 0.3 is 0 Å². The summed E-state index contributed by atoms with van der Waals surface area (Å²) in [4.78, 5) is 11.6. The molecule has 0 radical (unpaired) electrons. The standard InChI is InChI=1S/C12H18N2O2/c1-8(2)7-16-11-5-4-9(13)6-10(11)12(15)14-3/h4-6,8H,7,13H2,1-3H3,(H,14,15). The molecule has 0 saturated heterocycles. The molecule has 0 bridgehead atoms. The third-order valence-corrected chi connectivity index (χ3v) is 2.05. The monoisotopic (exact) mass is 222 g/mol. The molecule has 4 heteroatoms. The first-order valence-corrected chi connectivity index (χ1v) is 5.29. The van der Waals surface area contributed by atoms with Crippen molar-refractivity contribution >= 4 is 11.6 Å². The van der Waals surface area contributed by atoms with Crippen LogP contribution in [0.5, 0.6) is 5.75 Å². The minimum absolute atomic E-state index is 0.189. The Balaban J connectivity index is 2.93. The van der Waals surface area contributed by atoms with Gasteiger partial charge in [0, 0.05) is 12.7 Å². The molecule has 16 heavy (non-hydrogen) atoms. The maximum absolute atomic E-state index is 11.6. The number of nitrogen functional groups attached to an aromatic ring is 1. The highest BCUT2D eigenvalue weighted by atomic mass is 16.5. The van der Waals surface area contributed by atoms with Crippen molar-refractivity contribution in [2.24, 2.45) is 5.92 Å². The zero-order valence-corrected chi connectivity index (χ0v) is 9.91. The van der Waals surface area contributed by atoms with Crippen LogP contribution in [0, 0.1) is 5.92 Å². The number of ether oxygens (including phenoxy) is 1. The van der Waals surface area contributed by atoms with Gasteiger partial charge in [0.25, 0.3) is 5.91 Å². The van der Waals surface area contributed by atoms with Gasteiger partial charge in [-0.05, 0) is 24.1 Å². The predicted octanol–water partition coefficient (Wildman–Crippen LogP) is 1.66. The Morgan fingerprint density at radius 1 is 1.50 bits per heavy atom. The first kappa shape index (κ1) is 12.4. The summed E-state index contributed by atoms with van der Waals surface area (Å²) in [6, 6.07) is 5.07. The lowest BCUT2D eigenvalue weighted by Gasteiger charge is -2.12. The van der Waals surface area contributed by atoms with E-state index in [2.05, 4.69) is 19.2 Å². The first-order valence-electron chi connectivity index (χ1n) is 5.29. The third kappa shape index (κ3) is 3.15. The van der Waals surface area contributed by atoms with E-state index in [1.54, 1.807) is 25.2 Å². The largest absolute Gasteiger partial charge is 0.492 e. The van der Waals surface area contributed by atoms with Crippen molar-refractivity contribution in [3.63, 3.8) is 0 Å². The van der Waals surface area contributed by atoms with Gasteiger partial charge in [-0.2, -0.15) is 0 Å². The second-order valence-corrected chi connectivity index (χ2v) is 4.04. The average molecular weight is 222 g/mol. The highest BCUT2D eigenvalue weighted by Crippen LogP contribution is 2.21. The molecule has 0 aliphatic rings. The van der Waals surface area contributed by atoms with Crippen LogP contribution in [0.2, 0.25) is 0 Å². The van der Waals surface area contributed by atoms with Crippen LogP contribution in [-0.4, -0.2) is 19.6 Å². The van der Waals surface area contributed by atoms with Crippen LogP contribution in [0.3, 0.4) is 0 Å². The van der Waals surface area contributed by atoms with Gasteiger partial charge in [0.05, 0.1) is 12.2 Å². The van der Waals surface area contributed by atoms with Crippen LogP contribution in [0.1, 0.15) is 24.2 Å². The molecule has 0 fully saturated rings. The van der Waals surface area contributed by atoms with Crippen molar-refractivity contribution in [1.82, 2.24) is 5.32 Å². The number of carbonyl (C=O) groups excluding carboxylic acids is 1. The third-order valence-electron chi connectivity index (χ3n) is 2.05. The number of nitrogens with two attached hydrogens (primary N) is 1. The molecule has 1 amide bonds. The predicted molar refractivity (Wildman–Crippen MR) is 64.6 cm³/mol. The number of nitrogens with one attached hydrogen (secondary N) is 1. The van der Waals surface area contributed by atoms with Gasteiger partial charge in [0.1, 0.15) is 5.75 Å². The highest BCUT2D eigenvalue weighted by molar-refractivity contribution is 5.97. The molecular formula is C12H18N2O2. The van der Waals surface area contributed by atoms with Crippen molar-refractivity contribution in [2.45, 2.75) is 13.8 Å². The summed E-state index contributed by atoms with van der Waals surface area (Å²) in [5.74, 6) is 0.795. The van der Waals surface area contributed by atoms with Gasteiger partial charge in [0.15, 0.2) is 0 Å². The van der Waals surface area contributed by atoms with E-state index in [4.69, 9.17) is 10.5 Å². The molecule has 1 aromatic rings. The highest BCUT2D eigenvalue weighted by Gasteiger charge is 2.11. The van der Waals surface area contributed by atoms with Crippen LogP contribution in [0.4, 0.5) is 5.69 Å². The summed E-state index contributed by atoms with van der Waals surface area (Å²) in [5, 5.41) is 2.56. The molecule has 88 valence electrons. The van der Waals surface area contributed by atoms with Crippen LogP contribution in [0.15, 0.2) is 18.2 Å². The van der Waals surface area contributed by atoms with Gasteiger partial charge in [-0.1, -0.05) is 13.8 Å². The summed E-state index contributed by atoms with van der Waals surface area (Å²) in [5.41, 5.74) is 6.67. The Kier molecular flexibility index (Phi) is 4.17. The summed E-state index contributed by atoms with van der Waals surface area (Å²) < 4.78 is 5.56. The van der Waals surface area contributed by atoms with Crippen LogP contribution < -0.4 is 15.8 Å². The lowest BCUT2D eigenvalue weighted by molar-refractivity contribution is 0.0958. The van der Waals surface area contributed by atoms with E-state index in [0.717, 1.165) is 0 Å². The van der Waals surface area contributed by atoms with Crippen LogP contribution in [-0.2, 0) is 0 Å².